The van der Waals surface area contributed by atoms with Crippen LogP contribution in [-0.2, 0) is 4.74 Å². The molecule has 0 aromatic carbocycles. The van der Waals surface area contributed by atoms with Gasteiger partial charge in [-0.25, -0.2) is 0 Å². The number of rotatable bonds is 1. The lowest BCUT2D eigenvalue weighted by molar-refractivity contribution is -0.0853. The fraction of sp³-hybridized carbons (Fsp3) is 0.652. The van der Waals surface area contributed by atoms with Gasteiger partial charge in [0.1, 0.15) is 0 Å². The Morgan fingerprint density at radius 3 is 2.76 bits per heavy atom. The molecule has 0 aliphatic heterocycles. The SMILES string of the molecule is C#CC1(O)C(=C)CC2C3CC=C4C=C(OC)CCC4(C)C3CCC21C. The summed E-state index contributed by atoms with van der Waals surface area (Å²) < 4.78 is 5.52. The molecule has 2 heteroatoms. The molecule has 6 unspecified atom stereocenters. The van der Waals surface area contributed by atoms with Crippen molar-refractivity contribution in [2.45, 2.75) is 58.0 Å². The summed E-state index contributed by atoms with van der Waals surface area (Å²) in [4.78, 5) is 0. The molecule has 134 valence electrons. The van der Waals surface area contributed by atoms with Crippen molar-refractivity contribution in [3.05, 3.63) is 35.6 Å². The molecule has 0 aromatic rings. The van der Waals surface area contributed by atoms with Crippen LogP contribution in [0.2, 0.25) is 0 Å². The van der Waals surface area contributed by atoms with Crippen LogP contribution in [-0.4, -0.2) is 17.8 Å². The van der Waals surface area contributed by atoms with E-state index in [0.717, 1.165) is 49.9 Å². The summed E-state index contributed by atoms with van der Waals surface area (Å²) in [6.45, 7) is 8.82. The minimum Gasteiger partial charge on any atom is -0.501 e. The first kappa shape index (κ1) is 17.0. The fourth-order valence-electron chi connectivity index (χ4n) is 6.69. The third-order valence-electron chi connectivity index (χ3n) is 8.40. The molecule has 0 saturated heterocycles. The Kier molecular flexibility index (Phi) is 3.58. The summed E-state index contributed by atoms with van der Waals surface area (Å²) in [6, 6.07) is 0. The molecule has 0 spiro atoms. The van der Waals surface area contributed by atoms with Gasteiger partial charge in [-0.1, -0.05) is 32.4 Å². The van der Waals surface area contributed by atoms with Gasteiger partial charge in [0.25, 0.3) is 0 Å². The average Bonchev–Trinajstić information content (AvgIpc) is 2.82. The Hall–Kier alpha value is -1.46. The number of aliphatic hydroxyl groups is 1. The summed E-state index contributed by atoms with van der Waals surface area (Å²) in [5, 5.41) is 11.2. The van der Waals surface area contributed by atoms with Crippen LogP contribution in [0.3, 0.4) is 0 Å². The van der Waals surface area contributed by atoms with E-state index in [2.05, 4.69) is 38.5 Å². The highest BCUT2D eigenvalue weighted by molar-refractivity contribution is 5.41. The molecular weight excluding hydrogens is 308 g/mol. The maximum Gasteiger partial charge on any atom is 0.152 e. The standard InChI is InChI=1S/C23H30O2/c1-6-23(24)15(2)13-20-18-8-7-16-14-17(25-5)9-11-21(16,3)19(18)10-12-22(20,23)4/h1,7,14,18-20,24H,2,8-13H2,3-5H3. The van der Waals surface area contributed by atoms with Gasteiger partial charge in [0.05, 0.1) is 12.9 Å². The number of hydrogen-bond donors (Lipinski definition) is 1. The van der Waals surface area contributed by atoms with E-state index < -0.39 is 5.60 Å². The molecule has 0 radical (unpaired) electrons. The minimum atomic E-state index is -1.14. The first-order valence-electron chi connectivity index (χ1n) is 9.64. The Balaban J connectivity index is 1.74. The molecule has 25 heavy (non-hydrogen) atoms. The highest BCUT2D eigenvalue weighted by atomic mass is 16.5. The van der Waals surface area contributed by atoms with Gasteiger partial charge in [-0.05, 0) is 72.5 Å². The molecule has 0 amide bonds. The van der Waals surface area contributed by atoms with E-state index in [9.17, 15) is 5.11 Å². The van der Waals surface area contributed by atoms with E-state index in [1.54, 1.807) is 7.11 Å². The molecule has 2 nitrogen and oxygen atoms in total. The predicted octanol–water partition coefficient (Wildman–Crippen LogP) is 4.62. The van der Waals surface area contributed by atoms with Crippen molar-refractivity contribution in [1.82, 2.24) is 0 Å². The monoisotopic (exact) mass is 338 g/mol. The van der Waals surface area contributed by atoms with Gasteiger partial charge in [0, 0.05) is 11.8 Å². The third-order valence-corrected chi connectivity index (χ3v) is 8.40. The molecule has 4 aliphatic carbocycles. The van der Waals surface area contributed by atoms with Crippen LogP contribution in [0.25, 0.3) is 0 Å². The average molecular weight is 338 g/mol. The van der Waals surface area contributed by atoms with E-state index in [1.165, 1.54) is 5.57 Å². The van der Waals surface area contributed by atoms with Crippen LogP contribution < -0.4 is 0 Å². The number of hydrogen-bond acceptors (Lipinski definition) is 2. The van der Waals surface area contributed by atoms with Gasteiger partial charge >= 0.3 is 0 Å². The Bertz CT molecular complexity index is 723. The maximum absolute atomic E-state index is 11.2. The van der Waals surface area contributed by atoms with E-state index >= 15 is 0 Å². The number of allylic oxidation sites excluding steroid dienone is 4. The highest BCUT2D eigenvalue weighted by Gasteiger charge is 2.64. The van der Waals surface area contributed by atoms with Gasteiger partial charge in [-0.3, -0.25) is 0 Å². The second-order valence-electron chi connectivity index (χ2n) is 9.12. The number of terminal acetylenes is 1. The Morgan fingerprint density at radius 1 is 1.32 bits per heavy atom. The largest absolute Gasteiger partial charge is 0.501 e. The van der Waals surface area contributed by atoms with Crippen LogP contribution in [0.4, 0.5) is 0 Å². The molecule has 0 aromatic heterocycles. The normalized spacial score (nSPS) is 48.4. The van der Waals surface area contributed by atoms with Crippen molar-refractivity contribution >= 4 is 0 Å². The molecule has 6 atom stereocenters. The number of methoxy groups -OCH3 is 1. The van der Waals surface area contributed by atoms with Gasteiger partial charge in [0.2, 0.25) is 0 Å². The van der Waals surface area contributed by atoms with Crippen molar-refractivity contribution in [3.8, 4) is 12.3 Å². The van der Waals surface area contributed by atoms with Gasteiger partial charge in [-0.15, -0.1) is 6.42 Å². The van der Waals surface area contributed by atoms with E-state index in [4.69, 9.17) is 11.2 Å². The molecule has 4 aliphatic rings. The van der Waals surface area contributed by atoms with Crippen LogP contribution in [0.1, 0.15) is 52.4 Å². The predicted molar refractivity (Wildman–Crippen MR) is 100 cm³/mol. The zero-order valence-electron chi connectivity index (χ0n) is 15.8. The Labute approximate surface area is 152 Å². The molecular formula is C23H30O2. The molecule has 0 bridgehead atoms. The zero-order valence-corrected chi connectivity index (χ0v) is 15.8. The van der Waals surface area contributed by atoms with E-state index in [1.807, 2.05) is 0 Å². The quantitative estimate of drug-likeness (QED) is 0.558. The lowest BCUT2D eigenvalue weighted by Crippen LogP contribution is -2.53. The fourth-order valence-corrected chi connectivity index (χ4v) is 6.69. The molecule has 2 fully saturated rings. The third kappa shape index (κ3) is 1.97. The van der Waals surface area contributed by atoms with Crippen molar-refractivity contribution in [3.63, 3.8) is 0 Å². The molecule has 0 heterocycles. The minimum absolute atomic E-state index is 0.227. The topological polar surface area (TPSA) is 29.5 Å². The summed E-state index contributed by atoms with van der Waals surface area (Å²) in [7, 11) is 1.78. The summed E-state index contributed by atoms with van der Waals surface area (Å²) >= 11 is 0. The zero-order chi connectivity index (χ0) is 18.0. The maximum atomic E-state index is 11.2. The lowest BCUT2D eigenvalue weighted by atomic mass is 9.47. The first-order valence-corrected chi connectivity index (χ1v) is 9.64. The van der Waals surface area contributed by atoms with Crippen molar-refractivity contribution in [1.29, 1.82) is 0 Å². The molecule has 1 N–H and O–H groups in total. The van der Waals surface area contributed by atoms with Crippen molar-refractivity contribution < 1.29 is 9.84 Å². The lowest BCUT2D eigenvalue weighted by Gasteiger charge is -2.57. The first-order chi connectivity index (χ1) is 11.8. The van der Waals surface area contributed by atoms with Crippen LogP contribution >= 0.6 is 0 Å². The van der Waals surface area contributed by atoms with Gasteiger partial charge in [-0.2, -0.15) is 0 Å². The summed E-state index contributed by atoms with van der Waals surface area (Å²) in [5.41, 5.74) is 1.18. The second-order valence-corrected chi connectivity index (χ2v) is 9.12. The number of fused-ring (bicyclic) bond motifs is 5. The molecule has 4 rings (SSSR count). The smallest absolute Gasteiger partial charge is 0.152 e. The summed E-state index contributed by atoms with van der Waals surface area (Å²) in [5.74, 6) is 5.51. The van der Waals surface area contributed by atoms with E-state index in [0.29, 0.717) is 17.8 Å². The summed E-state index contributed by atoms with van der Waals surface area (Å²) in [6.07, 6.45) is 16.8. The Morgan fingerprint density at radius 2 is 2.08 bits per heavy atom. The van der Waals surface area contributed by atoms with E-state index in [-0.39, 0.29) is 10.8 Å². The van der Waals surface area contributed by atoms with Crippen LogP contribution in [0.5, 0.6) is 0 Å². The van der Waals surface area contributed by atoms with Crippen molar-refractivity contribution in [2.24, 2.45) is 28.6 Å². The molecule has 2 saturated carbocycles. The van der Waals surface area contributed by atoms with Gasteiger partial charge < -0.3 is 9.84 Å². The van der Waals surface area contributed by atoms with Crippen LogP contribution in [0, 0.1) is 40.9 Å². The van der Waals surface area contributed by atoms with Gasteiger partial charge in [0.15, 0.2) is 5.60 Å². The second kappa shape index (κ2) is 5.27. The number of ether oxygens (including phenoxy) is 1. The highest BCUT2D eigenvalue weighted by Crippen LogP contribution is 2.67. The van der Waals surface area contributed by atoms with Crippen molar-refractivity contribution in [2.75, 3.05) is 7.11 Å². The van der Waals surface area contributed by atoms with Crippen LogP contribution in [0.15, 0.2) is 35.6 Å².